The Kier molecular flexibility index (Phi) is 2.49. The van der Waals surface area contributed by atoms with Crippen molar-refractivity contribution in [2.24, 2.45) is 0 Å². The van der Waals surface area contributed by atoms with Crippen LogP contribution in [0.4, 0.5) is 5.69 Å². The Morgan fingerprint density at radius 2 is 2.20 bits per heavy atom. The van der Waals surface area contributed by atoms with E-state index in [9.17, 15) is 9.90 Å². The number of anilines is 1. The van der Waals surface area contributed by atoms with Gasteiger partial charge in [-0.05, 0) is 37.5 Å². The number of phenols is 1. The monoisotopic (exact) mass is 207 g/mol. The van der Waals surface area contributed by atoms with Gasteiger partial charge in [0.2, 0.25) is 0 Å². The summed E-state index contributed by atoms with van der Waals surface area (Å²) in [4.78, 5) is 11.5. The zero-order valence-electron chi connectivity index (χ0n) is 8.27. The number of carbonyl (C=O) groups excluding carboxylic acids is 1. The molecule has 80 valence electrons. The second-order valence-electron chi connectivity index (χ2n) is 3.73. The lowest BCUT2D eigenvalue weighted by Crippen LogP contribution is -2.25. The second-order valence-corrected chi connectivity index (χ2v) is 3.73. The van der Waals surface area contributed by atoms with Crippen LogP contribution in [0.5, 0.6) is 5.75 Å². The lowest BCUT2D eigenvalue weighted by Gasteiger charge is -2.25. The molecule has 0 aromatic heterocycles. The van der Waals surface area contributed by atoms with Gasteiger partial charge in [-0.25, -0.2) is 4.79 Å². The first-order valence-electron chi connectivity index (χ1n) is 4.96. The van der Waals surface area contributed by atoms with E-state index in [0.29, 0.717) is 5.56 Å². The van der Waals surface area contributed by atoms with Crippen molar-refractivity contribution in [2.75, 3.05) is 5.73 Å². The molecule has 0 heterocycles. The van der Waals surface area contributed by atoms with Crippen LogP contribution in [0.1, 0.15) is 29.6 Å². The maximum absolute atomic E-state index is 11.5. The first-order valence-corrected chi connectivity index (χ1v) is 4.96. The van der Waals surface area contributed by atoms with Crippen LogP contribution in [0, 0.1) is 0 Å². The van der Waals surface area contributed by atoms with Crippen LogP contribution < -0.4 is 5.73 Å². The Morgan fingerprint density at radius 3 is 2.73 bits per heavy atom. The fourth-order valence-corrected chi connectivity index (χ4v) is 1.38. The number of phenolic OH excluding ortho intramolecular Hbond substituents is 1. The molecular weight excluding hydrogens is 194 g/mol. The van der Waals surface area contributed by atoms with Gasteiger partial charge in [0, 0.05) is 0 Å². The lowest BCUT2D eigenvalue weighted by molar-refractivity contribution is 0.00898. The summed E-state index contributed by atoms with van der Waals surface area (Å²) in [7, 11) is 0. The number of nitrogen functional groups attached to an aromatic ring is 1. The molecule has 0 amide bonds. The van der Waals surface area contributed by atoms with E-state index in [-0.39, 0.29) is 17.5 Å². The molecule has 0 atom stereocenters. The summed E-state index contributed by atoms with van der Waals surface area (Å²) < 4.78 is 5.18. The van der Waals surface area contributed by atoms with Gasteiger partial charge in [0.1, 0.15) is 11.9 Å². The average molecular weight is 207 g/mol. The second kappa shape index (κ2) is 3.81. The van der Waals surface area contributed by atoms with Gasteiger partial charge >= 0.3 is 5.97 Å². The molecule has 1 aliphatic rings. The number of hydrogen-bond donors (Lipinski definition) is 2. The highest BCUT2D eigenvalue weighted by molar-refractivity contribution is 5.90. The molecule has 1 aromatic rings. The summed E-state index contributed by atoms with van der Waals surface area (Å²) in [5.74, 6) is -0.479. The zero-order valence-corrected chi connectivity index (χ0v) is 8.27. The highest BCUT2D eigenvalue weighted by Gasteiger charge is 2.22. The molecule has 0 unspecified atom stereocenters. The van der Waals surface area contributed by atoms with Crippen LogP contribution in [0.3, 0.4) is 0 Å². The number of rotatable bonds is 2. The summed E-state index contributed by atoms with van der Waals surface area (Å²) in [6.07, 6.45) is 3.04. The van der Waals surface area contributed by atoms with E-state index in [4.69, 9.17) is 10.5 Å². The third kappa shape index (κ3) is 2.03. The number of nitrogens with two attached hydrogens (primary N) is 1. The molecule has 0 radical (unpaired) electrons. The number of ether oxygens (including phenoxy) is 1. The Labute approximate surface area is 87.7 Å². The van der Waals surface area contributed by atoms with Gasteiger partial charge in [0.05, 0.1) is 11.3 Å². The van der Waals surface area contributed by atoms with Gasteiger partial charge in [0.25, 0.3) is 0 Å². The third-order valence-corrected chi connectivity index (χ3v) is 2.59. The molecule has 1 fully saturated rings. The van der Waals surface area contributed by atoms with Crippen molar-refractivity contribution in [3.8, 4) is 5.75 Å². The van der Waals surface area contributed by atoms with E-state index in [2.05, 4.69) is 0 Å². The van der Waals surface area contributed by atoms with E-state index >= 15 is 0 Å². The summed E-state index contributed by atoms with van der Waals surface area (Å²) in [6.45, 7) is 0. The highest BCUT2D eigenvalue weighted by atomic mass is 16.5. The summed E-state index contributed by atoms with van der Waals surface area (Å²) in [5, 5.41) is 9.32. The maximum atomic E-state index is 11.5. The minimum atomic E-state index is -0.394. The molecular formula is C11H13NO3. The van der Waals surface area contributed by atoms with E-state index in [1.54, 1.807) is 6.07 Å². The van der Waals surface area contributed by atoms with Crippen molar-refractivity contribution in [1.82, 2.24) is 0 Å². The molecule has 4 nitrogen and oxygen atoms in total. The van der Waals surface area contributed by atoms with Gasteiger partial charge in [-0.1, -0.05) is 0 Å². The molecule has 15 heavy (non-hydrogen) atoms. The van der Waals surface area contributed by atoms with Gasteiger partial charge in [0.15, 0.2) is 0 Å². The van der Waals surface area contributed by atoms with Crippen molar-refractivity contribution in [1.29, 1.82) is 0 Å². The first-order chi connectivity index (χ1) is 7.16. The minimum absolute atomic E-state index is 0.0530. The van der Waals surface area contributed by atoms with Crippen LogP contribution >= 0.6 is 0 Å². The number of benzene rings is 1. The molecule has 4 heteroatoms. The molecule has 1 aliphatic carbocycles. The number of esters is 1. The molecule has 1 saturated carbocycles. The van der Waals surface area contributed by atoms with Crippen LogP contribution in [0.2, 0.25) is 0 Å². The van der Waals surface area contributed by atoms with Gasteiger partial charge in [-0.15, -0.1) is 0 Å². The van der Waals surface area contributed by atoms with Crippen LogP contribution in [-0.2, 0) is 4.74 Å². The quantitative estimate of drug-likeness (QED) is 0.439. The first kappa shape index (κ1) is 9.83. The molecule has 3 N–H and O–H groups in total. The summed E-state index contributed by atoms with van der Waals surface area (Å²) >= 11 is 0. The average Bonchev–Trinajstić information content (AvgIpc) is 2.15. The number of aromatic hydroxyl groups is 1. The summed E-state index contributed by atoms with van der Waals surface area (Å²) in [6, 6.07) is 4.37. The van der Waals surface area contributed by atoms with E-state index < -0.39 is 5.97 Å². The van der Waals surface area contributed by atoms with E-state index in [0.717, 1.165) is 19.3 Å². The van der Waals surface area contributed by atoms with Crippen molar-refractivity contribution in [2.45, 2.75) is 25.4 Å². The van der Waals surface area contributed by atoms with Crippen LogP contribution in [0.15, 0.2) is 18.2 Å². The van der Waals surface area contributed by atoms with Crippen molar-refractivity contribution in [3.63, 3.8) is 0 Å². The van der Waals surface area contributed by atoms with E-state index in [1.165, 1.54) is 12.1 Å². The zero-order chi connectivity index (χ0) is 10.8. The van der Waals surface area contributed by atoms with Crippen LogP contribution in [0.25, 0.3) is 0 Å². The van der Waals surface area contributed by atoms with Gasteiger partial charge < -0.3 is 15.6 Å². The number of carbonyl (C=O) groups is 1. The van der Waals surface area contributed by atoms with E-state index in [1.807, 2.05) is 0 Å². The molecule has 0 spiro atoms. The molecule has 0 saturated heterocycles. The Bertz CT molecular complexity index is 385. The topological polar surface area (TPSA) is 72.6 Å². The fourth-order valence-electron chi connectivity index (χ4n) is 1.38. The molecule has 2 rings (SSSR count). The van der Waals surface area contributed by atoms with Gasteiger partial charge in [-0.2, -0.15) is 0 Å². The van der Waals surface area contributed by atoms with Crippen molar-refractivity contribution < 1.29 is 14.6 Å². The van der Waals surface area contributed by atoms with Crippen molar-refractivity contribution >= 4 is 11.7 Å². The molecule has 1 aromatic carbocycles. The third-order valence-electron chi connectivity index (χ3n) is 2.59. The van der Waals surface area contributed by atoms with Crippen LogP contribution in [-0.4, -0.2) is 17.2 Å². The maximum Gasteiger partial charge on any atom is 0.338 e. The number of hydrogen-bond acceptors (Lipinski definition) is 4. The smallest absolute Gasteiger partial charge is 0.338 e. The minimum Gasteiger partial charge on any atom is -0.506 e. The highest BCUT2D eigenvalue weighted by Crippen LogP contribution is 2.25. The summed E-state index contributed by atoms with van der Waals surface area (Å²) in [5.41, 5.74) is 6.03. The van der Waals surface area contributed by atoms with Crippen molar-refractivity contribution in [3.05, 3.63) is 23.8 Å². The molecule has 0 aliphatic heterocycles. The van der Waals surface area contributed by atoms with Gasteiger partial charge in [-0.3, -0.25) is 0 Å². The fraction of sp³-hybridized carbons (Fsp3) is 0.364. The Hall–Kier alpha value is -1.71. The molecule has 0 bridgehead atoms. The normalized spacial score (nSPS) is 15.7. The predicted molar refractivity (Wildman–Crippen MR) is 55.6 cm³/mol. The Balaban J connectivity index is 2.07. The largest absolute Gasteiger partial charge is 0.506 e. The standard InChI is InChI=1S/C11H13NO3/c12-9-5-4-7(6-10(9)13)11(14)15-8-2-1-3-8/h4-6,8,13H,1-3,12H2. The Morgan fingerprint density at radius 1 is 1.47 bits per heavy atom. The predicted octanol–water partition coefficient (Wildman–Crippen LogP) is 1.68. The SMILES string of the molecule is Nc1ccc(C(=O)OC2CCC2)cc1O. The lowest BCUT2D eigenvalue weighted by atomic mass is 9.96.